The van der Waals surface area contributed by atoms with Crippen molar-refractivity contribution < 1.29 is 9.53 Å². The molecule has 1 heterocycles. The van der Waals surface area contributed by atoms with Gasteiger partial charge in [0.2, 0.25) is 0 Å². The van der Waals surface area contributed by atoms with Gasteiger partial charge < -0.3 is 4.74 Å². The Morgan fingerprint density at radius 1 is 1.89 bits per heavy atom. The monoisotopic (exact) mass is 127 g/mol. The number of hydrogen-bond acceptors (Lipinski definition) is 3. The SMILES string of the molecule is CC(=O)C1COC(C)=N1. The molecule has 0 aromatic carbocycles. The van der Waals surface area contributed by atoms with Crippen molar-refractivity contribution in [1.82, 2.24) is 0 Å². The number of carbonyl (C=O) groups excluding carboxylic acids is 1. The molecule has 9 heavy (non-hydrogen) atoms. The highest BCUT2D eigenvalue weighted by atomic mass is 16.5. The van der Waals surface area contributed by atoms with Crippen LogP contribution < -0.4 is 0 Å². The summed E-state index contributed by atoms with van der Waals surface area (Å²) in [5.74, 6) is 0.696. The fourth-order valence-corrected chi connectivity index (χ4v) is 0.702. The van der Waals surface area contributed by atoms with Crippen LogP contribution in [0, 0.1) is 0 Å². The molecule has 0 N–H and O–H groups in total. The van der Waals surface area contributed by atoms with E-state index in [4.69, 9.17) is 4.74 Å². The summed E-state index contributed by atoms with van der Waals surface area (Å²) in [4.78, 5) is 14.5. The molecule has 0 amide bonds. The van der Waals surface area contributed by atoms with E-state index < -0.39 is 0 Å². The molecule has 1 aliphatic rings. The third-order valence-corrected chi connectivity index (χ3v) is 1.26. The van der Waals surface area contributed by atoms with Gasteiger partial charge in [0.15, 0.2) is 11.7 Å². The van der Waals surface area contributed by atoms with E-state index in [0.717, 1.165) is 0 Å². The number of hydrogen-bond donors (Lipinski definition) is 0. The molecule has 0 fully saturated rings. The van der Waals surface area contributed by atoms with Gasteiger partial charge in [0.05, 0.1) is 0 Å². The van der Waals surface area contributed by atoms with E-state index >= 15 is 0 Å². The zero-order chi connectivity index (χ0) is 6.85. The van der Waals surface area contributed by atoms with Crippen molar-refractivity contribution in [1.29, 1.82) is 0 Å². The summed E-state index contributed by atoms with van der Waals surface area (Å²) >= 11 is 0. The normalized spacial score (nSPS) is 25.1. The van der Waals surface area contributed by atoms with Crippen molar-refractivity contribution in [2.45, 2.75) is 19.9 Å². The molecule has 0 aromatic rings. The van der Waals surface area contributed by atoms with E-state index in [9.17, 15) is 4.79 Å². The van der Waals surface area contributed by atoms with Gasteiger partial charge in [-0.1, -0.05) is 0 Å². The summed E-state index contributed by atoms with van der Waals surface area (Å²) in [7, 11) is 0. The van der Waals surface area contributed by atoms with Gasteiger partial charge in [-0.2, -0.15) is 0 Å². The number of ketones is 1. The first-order valence-electron chi connectivity index (χ1n) is 2.88. The largest absolute Gasteiger partial charge is 0.478 e. The smallest absolute Gasteiger partial charge is 0.180 e. The molecule has 0 radical (unpaired) electrons. The molecule has 0 aliphatic carbocycles. The number of Topliss-reactive ketones (excluding diaryl/α,β-unsaturated/α-hetero) is 1. The van der Waals surface area contributed by atoms with Crippen molar-refractivity contribution in [3.63, 3.8) is 0 Å². The standard InChI is InChI=1S/C6H9NO2/c1-4(8)6-3-9-5(2)7-6/h6H,3H2,1-2H3. The zero-order valence-corrected chi connectivity index (χ0v) is 5.55. The molecular formula is C6H9NO2. The lowest BCUT2D eigenvalue weighted by Gasteiger charge is -1.95. The Labute approximate surface area is 53.7 Å². The van der Waals surface area contributed by atoms with Crippen molar-refractivity contribution in [3.8, 4) is 0 Å². The Bertz CT molecular complexity index is 162. The maximum atomic E-state index is 10.6. The van der Waals surface area contributed by atoms with Crippen LogP contribution in [-0.2, 0) is 9.53 Å². The molecular weight excluding hydrogens is 118 g/mol. The van der Waals surface area contributed by atoms with E-state index in [0.29, 0.717) is 12.5 Å². The van der Waals surface area contributed by atoms with E-state index in [2.05, 4.69) is 4.99 Å². The second-order valence-electron chi connectivity index (χ2n) is 2.09. The Kier molecular flexibility index (Phi) is 1.51. The second-order valence-corrected chi connectivity index (χ2v) is 2.09. The van der Waals surface area contributed by atoms with Crippen molar-refractivity contribution in [3.05, 3.63) is 0 Å². The lowest BCUT2D eigenvalue weighted by molar-refractivity contribution is -0.118. The van der Waals surface area contributed by atoms with Gasteiger partial charge in [-0.15, -0.1) is 0 Å². The Hall–Kier alpha value is -0.860. The maximum Gasteiger partial charge on any atom is 0.180 e. The highest BCUT2D eigenvalue weighted by molar-refractivity contribution is 5.87. The molecule has 50 valence electrons. The summed E-state index contributed by atoms with van der Waals surface area (Å²) in [6, 6.07) is -0.231. The average Bonchev–Trinajstić information content (AvgIpc) is 2.14. The second kappa shape index (κ2) is 2.17. The van der Waals surface area contributed by atoms with Gasteiger partial charge >= 0.3 is 0 Å². The minimum Gasteiger partial charge on any atom is -0.478 e. The molecule has 0 saturated carbocycles. The summed E-state index contributed by atoms with van der Waals surface area (Å²) in [5, 5.41) is 0. The third kappa shape index (κ3) is 1.28. The molecule has 0 spiro atoms. The van der Waals surface area contributed by atoms with E-state index in [1.165, 1.54) is 6.92 Å². The summed E-state index contributed by atoms with van der Waals surface area (Å²) < 4.78 is 4.96. The van der Waals surface area contributed by atoms with Gasteiger partial charge in [0, 0.05) is 6.92 Å². The van der Waals surface area contributed by atoms with E-state index in [1.54, 1.807) is 6.92 Å². The predicted octanol–water partition coefficient (Wildman–Crippen LogP) is 0.393. The lowest BCUT2D eigenvalue weighted by atomic mass is 10.2. The van der Waals surface area contributed by atoms with Crippen LogP contribution in [0.4, 0.5) is 0 Å². The average molecular weight is 127 g/mol. The van der Waals surface area contributed by atoms with Gasteiger partial charge in [-0.25, -0.2) is 4.99 Å². The quantitative estimate of drug-likeness (QED) is 0.511. The van der Waals surface area contributed by atoms with Gasteiger partial charge in [-0.05, 0) is 6.92 Å². The Morgan fingerprint density at radius 3 is 2.78 bits per heavy atom. The topological polar surface area (TPSA) is 38.7 Å². The highest BCUT2D eigenvalue weighted by Crippen LogP contribution is 2.03. The summed E-state index contributed by atoms with van der Waals surface area (Å²) in [6.45, 7) is 3.71. The van der Waals surface area contributed by atoms with Crippen molar-refractivity contribution >= 4 is 11.7 Å². The molecule has 1 aliphatic heterocycles. The van der Waals surface area contributed by atoms with Crippen LogP contribution in [0.1, 0.15) is 13.8 Å². The van der Waals surface area contributed by atoms with Crippen LogP contribution in [0.15, 0.2) is 4.99 Å². The first kappa shape index (κ1) is 6.26. The van der Waals surface area contributed by atoms with Crippen LogP contribution in [0.25, 0.3) is 0 Å². The van der Waals surface area contributed by atoms with Crippen molar-refractivity contribution in [2.24, 2.45) is 4.99 Å². The third-order valence-electron chi connectivity index (χ3n) is 1.26. The molecule has 1 unspecified atom stereocenters. The first-order valence-corrected chi connectivity index (χ1v) is 2.88. The fraction of sp³-hybridized carbons (Fsp3) is 0.667. The summed E-state index contributed by atoms with van der Waals surface area (Å²) in [5.41, 5.74) is 0. The van der Waals surface area contributed by atoms with E-state index in [1.807, 2.05) is 0 Å². The molecule has 3 nitrogen and oxygen atoms in total. The van der Waals surface area contributed by atoms with Crippen molar-refractivity contribution in [2.75, 3.05) is 6.61 Å². The molecule has 0 aromatic heterocycles. The van der Waals surface area contributed by atoms with Crippen LogP contribution in [0.5, 0.6) is 0 Å². The minimum atomic E-state index is -0.231. The fourth-order valence-electron chi connectivity index (χ4n) is 0.702. The first-order chi connectivity index (χ1) is 4.20. The Balaban J connectivity index is 2.57. The van der Waals surface area contributed by atoms with Gasteiger partial charge in [0.25, 0.3) is 0 Å². The maximum absolute atomic E-state index is 10.6. The molecule has 1 rings (SSSR count). The van der Waals surface area contributed by atoms with Crippen LogP contribution >= 0.6 is 0 Å². The Morgan fingerprint density at radius 2 is 2.56 bits per heavy atom. The zero-order valence-electron chi connectivity index (χ0n) is 5.55. The summed E-state index contributed by atoms with van der Waals surface area (Å²) in [6.07, 6.45) is 0. The van der Waals surface area contributed by atoms with Gasteiger partial charge in [0.1, 0.15) is 12.6 Å². The molecule has 1 atom stereocenters. The van der Waals surface area contributed by atoms with Crippen LogP contribution in [0.2, 0.25) is 0 Å². The van der Waals surface area contributed by atoms with Crippen LogP contribution in [-0.4, -0.2) is 24.3 Å². The minimum absolute atomic E-state index is 0.0758. The van der Waals surface area contributed by atoms with Crippen LogP contribution in [0.3, 0.4) is 0 Å². The highest BCUT2D eigenvalue weighted by Gasteiger charge is 2.19. The molecule has 0 bridgehead atoms. The number of carbonyl (C=O) groups is 1. The van der Waals surface area contributed by atoms with Gasteiger partial charge in [-0.3, -0.25) is 4.79 Å². The number of aliphatic imine (C=N–C) groups is 1. The predicted molar refractivity (Wildman–Crippen MR) is 33.5 cm³/mol. The molecule has 3 heteroatoms. The number of ether oxygens (including phenoxy) is 1. The lowest BCUT2D eigenvalue weighted by Crippen LogP contribution is -2.15. The number of rotatable bonds is 1. The van der Waals surface area contributed by atoms with E-state index in [-0.39, 0.29) is 11.8 Å². The molecule has 0 saturated heterocycles. The number of nitrogens with zero attached hydrogens (tertiary/aromatic N) is 1.